The molecule has 1 fully saturated rings. The third-order valence-corrected chi connectivity index (χ3v) is 4.20. The van der Waals surface area contributed by atoms with E-state index in [0.29, 0.717) is 24.1 Å². The summed E-state index contributed by atoms with van der Waals surface area (Å²) >= 11 is 3.38. The summed E-state index contributed by atoms with van der Waals surface area (Å²) in [5.41, 5.74) is 7.49. The van der Waals surface area contributed by atoms with Crippen LogP contribution in [0.15, 0.2) is 34.9 Å². The molecular formula is C15H18BrN3O. The molecule has 4 nitrogen and oxygen atoms in total. The maximum atomic E-state index is 5.91. The Balaban J connectivity index is 1.63. The van der Waals surface area contributed by atoms with E-state index in [-0.39, 0.29) is 0 Å². The maximum Gasteiger partial charge on any atom is 0.142 e. The lowest BCUT2D eigenvalue weighted by atomic mass is 10.3. The van der Waals surface area contributed by atoms with Crippen LogP contribution in [0, 0.1) is 0 Å². The van der Waals surface area contributed by atoms with Crippen molar-refractivity contribution in [1.29, 1.82) is 0 Å². The number of ether oxygens (including phenoxy) is 1. The number of nitrogens with two attached hydrogens (primary N) is 1. The van der Waals surface area contributed by atoms with Gasteiger partial charge >= 0.3 is 0 Å². The molecule has 106 valence electrons. The first kappa shape index (κ1) is 13.5. The Bertz CT molecular complexity index is 591. The minimum atomic E-state index is 0.450. The molecule has 2 N–H and O–H groups in total. The Hall–Kier alpha value is -1.49. The Kier molecular flexibility index (Phi) is 3.96. The van der Waals surface area contributed by atoms with E-state index in [4.69, 9.17) is 10.5 Å². The smallest absolute Gasteiger partial charge is 0.142 e. The van der Waals surface area contributed by atoms with Crippen LogP contribution < -0.4 is 10.5 Å². The first-order valence-electron chi connectivity index (χ1n) is 6.94. The van der Waals surface area contributed by atoms with Crippen LogP contribution in [0.5, 0.6) is 5.75 Å². The van der Waals surface area contributed by atoms with Gasteiger partial charge < -0.3 is 10.5 Å². The molecule has 0 spiro atoms. The van der Waals surface area contributed by atoms with E-state index in [2.05, 4.69) is 31.9 Å². The summed E-state index contributed by atoms with van der Waals surface area (Å²) in [7, 11) is 0. The average molecular weight is 336 g/mol. The van der Waals surface area contributed by atoms with Crippen molar-refractivity contribution >= 4 is 21.6 Å². The molecule has 1 aromatic heterocycles. The highest BCUT2D eigenvalue weighted by Crippen LogP contribution is 2.29. The van der Waals surface area contributed by atoms with Crippen LogP contribution in [0.2, 0.25) is 0 Å². The lowest BCUT2D eigenvalue weighted by Gasteiger charge is -2.10. The molecular weight excluding hydrogens is 318 g/mol. The second kappa shape index (κ2) is 5.87. The zero-order valence-electron chi connectivity index (χ0n) is 11.3. The van der Waals surface area contributed by atoms with E-state index >= 15 is 0 Å². The summed E-state index contributed by atoms with van der Waals surface area (Å²) in [6.45, 7) is 0.450. The summed E-state index contributed by atoms with van der Waals surface area (Å²) in [4.78, 5) is 0. The minimum absolute atomic E-state index is 0.450. The van der Waals surface area contributed by atoms with Crippen LogP contribution in [0.4, 0.5) is 5.69 Å². The summed E-state index contributed by atoms with van der Waals surface area (Å²) < 4.78 is 8.76. The predicted molar refractivity (Wildman–Crippen MR) is 82.6 cm³/mol. The van der Waals surface area contributed by atoms with E-state index in [1.807, 2.05) is 24.3 Å². The van der Waals surface area contributed by atoms with Crippen LogP contribution in [-0.2, 0) is 6.61 Å². The van der Waals surface area contributed by atoms with E-state index in [9.17, 15) is 0 Å². The fraction of sp³-hybridized carbons (Fsp3) is 0.400. The second-order valence-corrected chi connectivity index (χ2v) is 6.11. The van der Waals surface area contributed by atoms with Crippen molar-refractivity contribution < 1.29 is 4.74 Å². The van der Waals surface area contributed by atoms with Crippen LogP contribution in [0.1, 0.15) is 37.4 Å². The van der Waals surface area contributed by atoms with Gasteiger partial charge in [-0.2, -0.15) is 5.10 Å². The molecule has 3 rings (SSSR count). The standard InChI is InChI=1S/C15H18BrN3O/c16-11-5-6-15(14(17)9-11)20-10-12-7-8-19(18-12)13-3-1-2-4-13/h5-9,13H,1-4,10,17H2. The second-order valence-electron chi connectivity index (χ2n) is 5.20. The summed E-state index contributed by atoms with van der Waals surface area (Å²) in [6, 6.07) is 8.22. The number of aromatic nitrogens is 2. The van der Waals surface area contributed by atoms with Crippen LogP contribution >= 0.6 is 15.9 Å². The summed E-state index contributed by atoms with van der Waals surface area (Å²) in [6.07, 6.45) is 7.15. The van der Waals surface area contributed by atoms with Crippen molar-refractivity contribution in [2.75, 3.05) is 5.73 Å². The highest BCUT2D eigenvalue weighted by molar-refractivity contribution is 9.10. The van der Waals surface area contributed by atoms with Gasteiger partial charge in [0, 0.05) is 10.7 Å². The molecule has 5 heteroatoms. The zero-order chi connectivity index (χ0) is 13.9. The molecule has 0 bridgehead atoms. The van der Waals surface area contributed by atoms with Crippen molar-refractivity contribution in [3.05, 3.63) is 40.6 Å². The number of rotatable bonds is 4. The molecule has 1 aliphatic carbocycles. The molecule has 20 heavy (non-hydrogen) atoms. The van der Waals surface area contributed by atoms with E-state index in [1.54, 1.807) is 0 Å². The number of benzene rings is 1. The molecule has 1 aliphatic rings. The Morgan fingerprint density at radius 3 is 2.85 bits per heavy atom. The van der Waals surface area contributed by atoms with Crippen molar-refractivity contribution in [3.8, 4) is 5.75 Å². The molecule has 0 saturated heterocycles. The van der Waals surface area contributed by atoms with E-state index in [1.165, 1.54) is 25.7 Å². The maximum absolute atomic E-state index is 5.91. The van der Waals surface area contributed by atoms with Crippen LogP contribution in [-0.4, -0.2) is 9.78 Å². The largest absolute Gasteiger partial charge is 0.485 e. The molecule has 1 saturated carbocycles. The first-order chi connectivity index (χ1) is 9.72. The molecule has 0 unspecified atom stereocenters. The van der Waals surface area contributed by atoms with Gasteiger partial charge in [-0.3, -0.25) is 4.68 Å². The number of hydrogen-bond acceptors (Lipinski definition) is 3. The van der Waals surface area contributed by atoms with Gasteiger partial charge in [-0.15, -0.1) is 0 Å². The van der Waals surface area contributed by atoms with E-state index < -0.39 is 0 Å². The van der Waals surface area contributed by atoms with Gasteiger partial charge in [-0.1, -0.05) is 28.8 Å². The topological polar surface area (TPSA) is 53.1 Å². The Labute approximate surface area is 127 Å². The summed E-state index contributed by atoms with van der Waals surface area (Å²) in [5.74, 6) is 0.698. The van der Waals surface area contributed by atoms with Crippen molar-refractivity contribution in [3.63, 3.8) is 0 Å². The number of nitrogen functional groups attached to an aromatic ring is 1. The molecule has 0 atom stereocenters. The van der Waals surface area contributed by atoms with Gasteiger partial charge in [0.05, 0.1) is 17.4 Å². The lowest BCUT2D eigenvalue weighted by Crippen LogP contribution is -2.06. The normalized spacial score (nSPS) is 15.7. The van der Waals surface area contributed by atoms with Crippen molar-refractivity contribution in [2.45, 2.75) is 38.3 Å². The summed E-state index contributed by atoms with van der Waals surface area (Å²) in [5, 5.41) is 4.60. The number of halogens is 1. The van der Waals surface area contributed by atoms with Gasteiger partial charge in [0.25, 0.3) is 0 Å². The quantitative estimate of drug-likeness (QED) is 0.861. The molecule has 0 radical (unpaired) electrons. The fourth-order valence-corrected chi connectivity index (χ4v) is 3.01. The molecule has 1 aromatic carbocycles. The zero-order valence-corrected chi connectivity index (χ0v) is 12.8. The number of anilines is 1. The van der Waals surface area contributed by atoms with Gasteiger partial charge in [-0.25, -0.2) is 0 Å². The van der Waals surface area contributed by atoms with Gasteiger partial charge in [0.15, 0.2) is 0 Å². The molecule has 0 aliphatic heterocycles. The third kappa shape index (κ3) is 2.98. The monoisotopic (exact) mass is 335 g/mol. The Morgan fingerprint density at radius 1 is 1.30 bits per heavy atom. The fourth-order valence-electron chi connectivity index (χ4n) is 2.63. The van der Waals surface area contributed by atoms with Gasteiger partial charge in [0.1, 0.15) is 12.4 Å². The van der Waals surface area contributed by atoms with Crippen molar-refractivity contribution in [2.24, 2.45) is 0 Å². The SMILES string of the molecule is Nc1cc(Br)ccc1OCc1ccn(C2CCCC2)n1. The van der Waals surface area contributed by atoms with Gasteiger partial charge in [-0.05, 0) is 37.1 Å². The van der Waals surface area contributed by atoms with Crippen LogP contribution in [0.25, 0.3) is 0 Å². The number of hydrogen-bond donors (Lipinski definition) is 1. The highest BCUT2D eigenvalue weighted by Gasteiger charge is 2.17. The molecule has 1 heterocycles. The average Bonchev–Trinajstić information content (AvgIpc) is 3.08. The number of nitrogens with zero attached hydrogens (tertiary/aromatic N) is 2. The molecule has 2 aromatic rings. The lowest BCUT2D eigenvalue weighted by molar-refractivity contribution is 0.299. The van der Waals surface area contributed by atoms with Crippen LogP contribution in [0.3, 0.4) is 0 Å². The van der Waals surface area contributed by atoms with E-state index in [0.717, 1.165) is 10.2 Å². The third-order valence-electron chi connectivity index (χ3n) is 3.71. The minimum Gasteiger partial charge on any atom is -0.485 e. The predicted octanol–water partition coefficient (Wildman–Crippen LogP) is 3.92. The van der Waals surface area contributed by atoms with Gasteiger partial charge in [0.2, 0.25) is 0 Å². The highest BCUT2D eigenvalue weighted by atomic mass is 79.9. The molecule has 0 amide bonds. The van der Waals surface area contributed by atoms with Crippen molar-refractivity contribution in [1.82, 2.24) is 9.78 Å². The first-order valence-corrected chi connectivity index (χ1v) is 7.73. The Morgan fingerprint density at radius 2 is 2.10 bits per heavy atom.